The van der Waals surface area contributed by atoms with Crippen molar-refractivity contribution in [3.8, 4) is 5.75 Å². The molecule has 152 valence electrons. The summed E-state index contributed by atoms with van der Waals surface area (Å²) < 4.78 is 0. The second kappa shape index (κ2) is 8.51. The van der Waals surface area contributed by atoms with Crippen molar-refractivity contribution in [1.82, 2.24) is 0 Å². The van der Waals surface area contributed by atoms with Gasteiger partial charge in [-0.3, -0.25) is 4.99 Å². The molecule has 0 aromatic heterocycles. The number of hydrogen-bond donors (Lipinski definition) is 1. The summed E-state index contributed by atoms with van der Waals surface area (Å²) in [6.07, 6.45) is 1.81. The van der Waals surface area contributed by atoms with Gasteiger partial charge in [0.2, 0.25) is 0 Å². The van der Waals surface area contributed by atoms with Gasteiger partial charge in [-0.15, -0.1) is 0 Å². The molecular weight excluding hydrogens is 342 g/mol. The summed E-state index contributed by atoms with van der Waals surface area (Å²) in [7, 11) is 0. The van der Waals surface area contributed by atoms with Gasteiger partial charge >= 0.3 is 0 Å². The van der Waals surface area contributed by atoms with E-state index in [1.807, 2.05) is 18.3 Å². The minimum Gasteiger partial charge on any atom is -0.507 e. The summed E-state index contributed by atoms with van der Waals surface area (Å²) in [4.78, 5) is 4.89. The summed E-state index contributed by atoms with van der Waals surface area (Å²) in [6, 6.07) is 10.5. The SMILES string of the molecule is CC(C)c1cc(C(C)C)c(N=Cc2ccc(C(C)(C)C)cc2O)c(C(C)C)c1. The van der Waals surface area contributed by atoms with E-state index in [4.69, 9.17) is 4.99 Å². The lowest BCUT2D eigenvalue weighted by Crippen LogP contribution is -2.10. The lowest BCUT2D eigenvalue weighted by Gasteiger charge is -2.21. The molecule has 28 heavy (non-hydrogen) atoms. The second-order valence-electron chi connectivity index (χ2n) is 9.79. The van der Waals surface area contributed by atoms with E-state index < -0.39 is 0 Å². The van der Waals surface area contributed by atoms with Crippen molar-refractivity contribution in [3.63, 3.8) is 0 Å². The van der Waals surface area contributed by atoms with E-state index in [2.05, 4.69) is 80.5 Å². The van der Waals surface area contributed by atoms with Crippen molar-refractivity contribution < 1.29 is 5.11 Å². The highest BCUT2D eigenvalue weighted by molar-refractivity contribution is 5.86. The highest BCUT2D eigenvalue weighted by atomic mass is 16.3. The minimum absolute atomic E-state index is 0.00938. The fourth-order valence-electron chi connectivity index (χ4n) is 3.32. The predicted octanol–water partition coefficient (Wildman–Crippen LogP) is 7.81. The molecule has 0 bridgehead atoms. The number of benzene rings is 2. The van der Waals surface area contributed by atoms with E-state index in [1.54, 1.807) is 0 Å². The van der Waals surface area contributed by atoms with Crippen LogP contribution in [0.4, 0.5) is 5.69 Å². The molecule has 2 heteroatoms. The van der Waals surface area contributed by atoms with Crippen LogP contribution >= 0.6 is 0 Å². The fraction of sp³-hybridized carbons (Fsp3) is 0.500. The van der Waals surface area contributed by atoms with Gasteiger partial charge in [0.05, 0.1) is 5.69 Å². The van der Waals surface area contributed by atoms with E-state index in [9.17, 15) is 5.11 Å². The molecule has 2 aromatic rings. The average molecular weight is 380 g/mol. The summed E-state index contributed by atoms with van der Waals surface area (Å²) in [5.74, 6) is 1.55. The molecule has 2 rings (SSSR count). The zero-order valence-corrected chi connectivity index (χ0v) is 19.1. The van der Waals surface area contributed by atoms with Gasteiger partial charge in [-0.2, -0.15) is 0 Å². The molecule has 1 N–H and O–H groups in total. The van der Waals surface area contributed by atoms with E-state index in [1.165, 1.54) is 16.7 Å². The number of rotatable bonds is 5. The Morgan fingerprint density at radius 2 is 1.36 bits per heavy atom. The van der Waals surface area contributed by atoms with Crippen molar-refractivity contribution in [1.29, 1.82) is 0 Å². The second-order valence-corrected chi connectivity index (χ2v) is 9.79. The Morgan fingerprint density at radius 3 is 1.75 bits per heavy atom. The van der Waals surface area contributed by atoms with Crippen molar-refractivity contribution in [2.75, 3.05) is 0 Å². The number of aliphatic imine (C=N–C) groups is 1. The molecule has 0 atom stereocenters. The van der Waals surface area contributed by atoms with Crippen LogP contribution in [0.1, 0.15) is 108 Å². The zero-order valence-electron chi connectivity index (χ0n) is 19.1. The van der Waals surface area contributed by atoms with E-state index >= 15 is 0 Å². The Morgan fingerprint density at radius 1 is 0.821 bits per heavy atom. The van der Waals surface area contributed by atoms with Gasteiger partial charge in [0.25, 0.3) is 0 Å². The molecule has 0 radical (unpaired) electrons. The van der Waals surface area contributed by atoms with E-state index in [0.29, 0.717) is 17.8 Å². The summed E-state index contributed by atoms with van der Waals surface area (Å²) >= 11 is 0. The first-order valence-electron chi connectivity index (χ1n) is 10.5. The Balaban J connectivity index is 2.56. The van der Waals surface area contributed by atoms with Gasteiger partial charge in [-0.05, 0) is 57.6 Å². The van der Waals surface area contributed by atoms with Crippen LogP contribution in [0.25, 0.3) is 0 Å². The van der Waals surface area contributed by atoms with Crippen LogP contribution in [0, 0.1) is 0 Å². The molecule has 0 aliphatic heterocycles. The largest absolute Gasteiger partial charge is 0.507 e. The normalized spacial score (nSPS) is 12.7. The number of aromatic hydroxyl groups is 1. The van der Waals surface area contributed by atoms with Gasteiger partial charge in [0, 0.05) is 11.8 Å². The van der Waals surface area contributed by atoms with Gasteiger partial charge < -0.3 is 5.11 Å². The topological polar surface area (TPSA) is 32.6 Å². The number of phenols is 1. The maximum Gasteiger partial charge on any atom is 0.124 e. The molecule has 0 aliphatic carbocycles. The molecule has 0 saturated carbocycles. The van der Waals surface area contributed by atoms with Crippen LogP contribution in [0.15, 0.2) is 35.3 Å². The Kier molecular flexibility index (Phi) is 6.75. The number of phenolic OH excluding ortho intramolecular Hbond substituents is 1. The highest BCUT2D eigenvalue weighted by Gasteiger charge is 2.17. The van der Waals surface area contributed by atoms with Crippen LogP contribution in [-0.4, -0.2) is 11.3 Å². The molecule has 0 aliphatic rings. The zero-order chi connectivity index (χ0) is 21.2. The molecule has 0 fully saturated rings. The fourth-order valence-corrected chi connectivity index (χ4v) is 3.32. The van der Waals surface area contributed by atoms with Crippen LogP contribution < -0.4 is 0 Å². The Labute approximate surface area is 171 Å². The third kappa shape index (κ3) is 5.04. The van der Waals surface area contributed by atoms with Crippen LogP contribution in [0.2, 0.25) is 0 Å². The Bertz CT molecular complexity index is 822. The highest BCUT2D eigenvalue weighted by Crippen LogP contribution is 2.38. The number of hydrogen-bond acceptors (Lipinski definition) is 2. The van der Waals surface area contributed by atoms with Gasteiger partial charge in [-0.25, -0.2) is 0 Å². The van der Waals surface area contributed by atoms with Crippen LogP contribution in [0.5, 0.6) is 5.75 Å². The smallest absolute Gasteiger partial charge is 0.124 e. The maximum absolute atomic E-state index is 10.5. The van der Waals surface area contributed by atoms with E-state index in [0.717, 1.165) is 16.8 Å². The van der Waals surface area contributed by atoms with Crippen molar-refractivity contribution in [2.45, 2.75) is 85.5 Å². The first-order chi connectivity index (χ1) is 12.9. The lowest BCUT2D eigenvalue weighted by atomic mass is 9.86. The van der Waals surface area contributed by atoms with Crippen LogP contribution in [-0.2, 0) is 5.41 Å². The lowest BCUT2D eigenvalue weighted by molar-refractivity contribution is 0.470. The summed E-state index contributed by atoms with van der Waals surface area (Å²) in [5.41, 5.74) is 6.85. The number of nitrogens with zero attached hydrogens (tertiary/aromatic N) is 1. The minimum atomic E-state index is 0.00938. The standard InChI is InChI=1S/C26H37NO/c1-16(2)20-12-22(17(3)4)25(23(13-20)18(5)6)27-15-19-10-11-21(14-24(19)28)26(7,8)9/h10-18,28H,1-9H3. The summed E-state index contributed by atoms with van der Waals surface area (Å²) in [5, 5.41) is 10.5. The first kappa shape index (κ1) is 22.2. The van der Waals surface area contributed by atoms with Crippen LogP contribution in [0.3, 0.4) is 0 Å². The van der Waals surface area contributed by atoms with Crippen molar-refractivity contribution >= 4 is 11.9 Å². The predicted molar refractivity (Wildman–Crippen MR) is 123 cm³/mol. The molecule has 0 spiro atoms. The maximum atomic E-state index is 10.5. The average Bonchev–Trinajstić information content (AvgIpc) is 2.58. The molecule has 0 heterocycles. The van der Waals surface area contributed by atoms with Crippen molar-refractivity contribution in [3.05, 3.63) is 58.1 Å². The Hall–Kier alpha value is -2.09. The third-order valence-electron chi connectivity index (χ3n) is 5.33. The van der Waals surface area contributed by atoms with Gasteiger partial charge in [0.1, 0.15) is 5.75 Å². The van der Waals surface area contributed by atoms with Gasteiger partial charge in [-0.1, -0.05) is 80.5 Å². The molecule has 0 amide bonds. The van der Waals surface area contributed by atoms with Crippen molar-refractivity contribution in [2.24, 2.45) is 4.99 Å². The molecule has 0 unspecified atom stereocenters. The quantitative estimate of drug-likeness (QED) is 0.528. The monoisotopic (exact) mass is 379 g/mol. The van der Waals surface area contributed by atoms with E-state index in [-0.39, 0.29) is 11.2 Å². The molecule has 0 saturated heterocycles. The first-order valence-corrected chi connectivity index (χ1v) is 10.5. The van der Waals surface area contributed by atoms with Gasteiger partial charge in [0.15, 0.2) is 0 Å². The molecular formula is C26H37NO. The summed E-state index contributed by atoms with van der Waals surface area (Å²) in [6.45, 7) is 19.8. The third-order valence-corrected chi connectivity index (χ3v) is 5.33. The molecule has 2 aromatic carbocycles. The molecule has 2 nitrogen and oxygen atoms in total.